The summed E-state index contributed by atoms with van der Waals surface area (Å²) in [5.74, 6) is 1.18. The highest BCUT2D eigenvalue weighted by molar-refractivity contribution is 8.00. The first-order valence-corrected chi connectivity index (χ1v) is 7.20. The third kappa shape index (κ3) is 4.03. The van der Waals surface area contributed by atoms with Gasteiger partial charge in [0.1, 0.15) is 6.54 Å². The van der Waals surface area contributed by atoms with Crippen LogP contribution in [0.15, 0.2) is 0 Å². The van der Waals surface area contributed by atoms with Crippen molar-refractivity contribution in [3.8, 4) is 0 Å². The number of carbonyl (C=O) groups excluding carboxylic acids is 2. The summed E-state index contributed by atoms with van der Waals surface area (Å²) in [4.78, 5) is 24.8. The van der Waals surface area contributed by atoms with Crippen LogP contribution in [0, 0.1) is 0 Å². The van der Waals surface area contributed by atoms with Crippen molar-refractivity contribution in [3.63, 3.8) is 0 Å². The minimum Gasteiger partial charge on any atom is -0.350 e. The number of rotatable bonds is 3. The molecule has 104 valence electrons. The molecule has 2 amide bonds. The molecule has 0 aromatic carbocycles. The zero-order chi connectivity index (χ0) is 12.3. The maximum atomic E-state index is 11.8. The van der Waals surface area contributed by atoms with Crippen molar-refractivity contribution in [3.05, 3.63) is 0 Å². The van der Waals surface area contributed by atoms with Crippen molar-refractivity contribution in [1.82, 2.24) is 15.5 Å². The molecule has 2 aliphatic rings. The summed E-state index contributed by atoms with van der Waals surface area (Å²) in [5.41, 5.74) is 0. The van der Waals surface area contributed by atoms with Crippen LogP contribution in [-0.2, 0) is 9.59 Å². The van der Waals surface area contributed by atoms with E-state index in [2.05, 4.69) is 17.6 Å². The minimum atomic E-state index is -0.0404. The van der Waals surface area contributed by atoms with Gasteiger partial charge in [-0.15, -0.1) is 24.2 Å². The number of nitrogens with one attached hydrogen (secondary N) is 2. The lowest BCUT2D eigenvalue weighted by Gasteiger charge is -2.31. The quantitative estimate of drug-likeness (QED) is 0.780. The molecule has 0 spiro atoms. The average molecular weight is 294 g/mol. The molecule has 0 radical (unpaired) electrons. The number of piperidine rings is 1. The van der Waals surface area contributed by atoms with Gasteiger partial charge in [0.15, 0.2) is 0 Å². The molecule has 0 aliphatic carbocycles. The summed E-state index contributed by atoms with van der Waals surface area (Å²) in [6, 6.07) is 0.512. The van der Waals surface area contributed by atoms with Crippen LogP contribution in [0.25, 0.3) is 0 Å². The Morgan fingerprint density at radius 2 is 2.39 bits per heavy atom. The molecule has 0 aromatic heterocycles. The van der Waals surface area contributed by atoms with Crippen molar-refractivity contribution in [2.24, 2.45) is 0 Å². The molecule has 7 heteroatoms. The van der Waals surface area contributed by atoms with E-state index in [1.165, 1.54) is 0 Å². The van der Waals surface area contributed by atoms with E-state index in [0.29, 0.717) is 17.7 Å². The van der Waals surface area contributed by atoms with Gasteiger partial charge in [-0.05, 0) is 26.3 Å². The molecule has 2 fully saturated rings. The van der Waals surface area contributed by atoms with Gasteiger partial charge in [0.2, 0.25) is 11.8 Å². The monoisotopic (exact) mass is 293 g/mol. The van der Waals surface area contributed by atoms with E-state index in [0.717, 1.165) is 19.4 Å². The number of hydrogen-bond donors (Lipinski definition) is 2. The number of carbonyl (C=O) groups is 2. The van der Waals surface area contributed by atoms with Crippen molar-refractivity contribution in [1.29, 1.82) is 0 Å². The second-order valence-electron chi connectivity index (χ2n) is 4.63. The number of halogens is 1. The summed E-state index contributed by atoms with van der Waals surface area (Å²) >= 11 is 1.56. The topological polar surface area (TPSA) is 61.4 Å². The van der Waals surface area contributed by atoms with Crippen LogP contribution in [0.4, 0.5) is 0 Å². The second-order valence-corrected chi connectivity index (χ2v) is 5.58. The van der Waals surface area contributed by atoms with Gasteiger partial charge >= 0.3 is 0 Å². The minimum absolute atomic E-state index is 0. The molecule has 2 saturated heterocycles. The molecule has 2 heterocycles. The van der Waals surface area contributed by atoms with Gasteiger partial charge in [-0.25, -0.2) is 0 Å². The van der Waals surface area contributed by atoms with Crippen molar-refractivity contribution in [2.75, 3.05) is 24.7 Å². The van der Waals surface area contributed by atoms with Crippen LogP contribution >= 0.6 is 24.2 Å². The molecule has 2 N–H and O–H groups in total. The Kier molecular flexibility index (Phi) is 6.25. The Morgan fingerprint density at radius 1 is 1.61 bits per heavy atom. The lowest BCUT2D eigenvalue weighted by atomic mass is 10.00. The second kappa shape index (κ2) is 7.21. The lowest BCUT2D eigenvalue weighted by Crippen LogP contribution is -2.53. The Labute approximate surface area is 118 Å². The number of nitrogens with zero attached hydrogens (tertiary/aromatic N) is 1. The van der Waals surface area contributed by atoms with Gasteiger partial charge in [0.05, 0.1) is 11.6 Å². The predicted molar refractivity (Wildman–Crippen MR) is 74.9 cm³/mol. The van der Waals surface area contributed by atoms with E-state index < -0.39 is 0 Å². The third-order valence-electron chi connectivity index (χ3n) is 3.27. The highest BCUT2D eigenvalue weighted by Crippen LogP contribution is 2.14. The van der Waals surface area contributed by atoms with Crippen LogP contribution < -0.4 is 10.6 Å². The fourth-order valence-corrected chi connectivity index (χ4v) is 3.11. The summed E-state index contributed by atoms with van der Waals surface area (Å²) < 4.78 is 0. The molecule has 0 saturated carbocycles. The van der Waals surface area contributed by atoms with Crippen LogP contribution in [0.5, 0.6) is 0 Å². The van der Waals surface area contributed by atoms with Gasteiger partial charge in [-0.2, -0.15) is 0 Å². The smallest absolute Gasteiger partial charge is 0.239 e. The molecule has 0 aromatic rings. The molecule has 18 heavy (non-hydrogen) atoms. The van der Waals surface area contributed by atoms with Crippen molar-refractivity contribution in [2.45, 2.75) is 31.8 Å². The summed E-state index contributed by atoms with van der Waals surface area (Å²) in [6.07, 6.45) is 2.11. The van der Waals surface area contributed by atoms with E-state index in [1.807, 2.05) is 0 Å². The molecule has 2 atom stereocenters. The zero-order valence-electron chi connectivity index (χ0n) is 10.5. The van der Waals surface area contributed by atoms with E-state index in [-0.39, 0.29) is 36.8 Å². The maximum absolute atomic E-state index is 11.8. The van der Waals surface area contributed by atoms with Gasteiger partial charge in [-0.3, -0.25) is 9.59 Å². The molecule has 0 bridgehead atoms. The molecule has 2 unspecified atom stereocenters. The van der Waals surface area contributed by atoms with Crippen LogP contribution in [0.3, 0.4) is 0 Å². The summed E-state index contributed by atoms with van der Waals surface area (Å²) in [7, 11) is 0. The maximum Gasteiger partial charge on any atom is 0.239 e. The predicted octanol–water partition coefficient (Wildman–Crippen LogP) is 0.198. The average Bonchev–Trinajstić information content (AvgIpc) is 2.68. The normalized spacial score (nSPS) is 27.8. The van der Waals surface area contributed by atoms with E-state index in [4.69, 9.17) is 0 Å². The van der Waals surface area contributed by atoms with Gasteiger partial charge in [0, 0.05) is 12.1 Å². The van der Waals surface area contributed by atoms with Crippen LogP contribution in [0.2, 0.25) is 0 Å². The summed E-state index contributed by atoms with van der Waals surface area (Å²) in [5, 5.41) is 6.35. The molecule has 5 nitrogen and oxygen atoms in total. The SMILES string of the molecule is CC1NCCCC1NC(=O)CN1CSCC1=O.Cl. The lowest BCUT2D eigenvalue weighted by molar-refractivity contribution is -0.132. The summed E-state index contributed by atoms with van der Waals surface area (Å²) in [6.45, 7) is 3.31. The van der Waals surface area contributed by atoms with Gasteiger partial charge in [0.25, 0.3) is 0 Å². The Morgan fingerprint density at radius 3 is 3.00 bits per heavy atom. The molecular weight excluding hydrogens is 274 g/mol. The van der Waals surface area contributed by atoms with Gasteiger partial charge in [-0.1, -0.05) is 0 Å². The fraction of sp³-hybridized carbons (Fsp3) is 0.818. The number of hydrogen-bond acceptors (Lipinski definition) is 4. The van der Waals surface area contributed by atoms with E-state index in [9.17, 15) is 9.59 Å². The largest absolute Gasteiger partial charge is 0.350 e. The van der Waals surface area contributed by atoms with E-state index >= 15 is 0 Å². The third-order valence-corrected chi connectivity index (χ3v) is 4.21. The molecule has 2 aliphatic heterocycles. The standard InChI is InChI=1S/C11H19N3O2S.ClH/c1-8-9(3-2-4-12-8)13-10(15)5-14-7-17-6-11(14)16;/h8-9,12H,2-7H2,1H3,(H,13,15);1H. The Bertz CT molecular complexity index is 317. The molecule has 2 rings (SSSR count). The number of amides is 2. The fourth-order valence-electron chi connectivity index (χ4n) is 2.21. The first kappa shape index (κ1) is 15.6. The zero-order valence-corrected chi connectivity index (χ0v) is 12.1. The first-order chi connectivity index (χ1) is 8.16. The highest BCUT2D eigenvalue weighted by atomic mass is 35.5. The Hall–Kier alpha value is -0.460. The highest BCUT2D eigenvalue weighted by Gasteiger charge is 2.26. The first-order valence-electron chi connectivity index (χ1n) is 6.05. The number of thioether (sulfide) groups is 1. The molecular formula is C11H20ClN3O2S. The van der Waals surface area contributed by atoms with Crippen molar-refractivity contribution >= 4 is 36.0 Å². The van der Waals surface area contributed by atoms with Crippen LogP contribution in [0.1, 0.15) is 19.8 Å². The van der Waals surface area contributed by atoms with E-state index in [1.54, 1.807) is 16.7 Å². The van der Waals surface area contributed by atoms with Gasteiger partial charge < -0.3 is 15.5 Å². The van der Waals surface area contributed by atoms with Crippen molar-refractivity contribution < 1.29 is 9.59 Å². The van der Waals surface area contributed by atoms with Crippen LogP contribution in [-0.4, -0.2) is 53.5 Å². The Balaban J connectivity index is 0.00000162.